The quantitative estimate of drug-likeness (QED) is 0.642. The van der Waals surface area contributed by atoms with Crippen LogP contribution in [-0.4, -0.2) is 19.6 Å². The molecule has 4 nitrogen and oxygen atoms in total. The molecule has 0 aliphatic heterocycles. The molecule has 5 heteroatoms. The minimum atomic E-state index is 0.0207. The van der Waals surface area contributed by atoms with Gasteiger partial charge in [0.15, 0.2) is 0 Å². The number of ether oxygens (including phenoxy) is 1. The summed E-state index contributed by atoms with van der Waals surface area (Å²) in [5.74, 6) is 0.674. The highest BCUT2D eigenvalue weighted by Crippen LogP contribution is 2.25. The smallest absolute Gasteiger partial charge is 0.219 e. The molecule has 0 fully saturated rings. The number of benzene rings is 1. The topological polar surface area (TPSA) is 64.3 Å². The van der Waals surface area contributed by atoms with Gasteiger partial charge in [-0.2, -0.15) is 0 Å². The molecule has 0 saturated heterocycles. The number of rotatable bonds is 5. The Hall–Kier alpha value is -1.23. The first-order chi connectivity index (χ1) is 7.63. The average molecular weight is 287 g/mol. The van der Waals surface area contributed by atoms with Gasteiger partial charge in [-0.1, -0.05) is 15.9 Å². The molecule has 1 aromatic rings. The fourth-order valence-corrected chi connectivity index (χ4v) is 1.57. The summed E-state index contributed by atoms with van der Waals surface area (Å²) in [4.78, 5) is 10.9. The number of hydrogen-bond donors (Lipinski definition) is 2. The molecule has 0 unspecified atom stereocenters. The maximum absolute atomic E-state index is 10.9. The van der Waals surface area contributed by atoms with E-state index in [4.69, 9.17) is 10.5 Å². The van der Waals surface area contributed by atoms with Gasteiger partial charge in [-0.3, -0.25) is 4.79 Å². The number of carbonyl (C=O) groups is 1. The highest BCUT2D eigenvalue weighted by molar-refractivity contribution is 9.10. The summed E-state index contributed by atoms with van der Waals surface area (Å²) in [6, 6.07) is 5.46. The SMILES string of the molecule is CNC(=O)CCCOc1ccc(Br)cc1N. The van der Waals surface area contributed by atoms with Crippen LogP contribution in [0.1, 0.15) is 12.8 Å². The van der Waals surface area contributed by atoms with E-state index in [1.54, 1.807) is 19.2 Å². The fraction of sp³-hybridized carbons (Fsp3) is 0.364. The normalized spacial score (nSPS) is 9.88. The highest BCUT2D eigenvalue weighted by atomic mass is 79.9. The maximum Gasteiger partial charge on any atom is 0.219 e. The Bertz CT molecular complexity index is 369. The summed E-state index contributed by atoms with van der Waals surface area (Å²) in [7, 11) is 1.62. The molecule has 3 N–H and O–H groups in total. The van der Waals surface area contributed by atoms with E-state index in [2.05, 4.69) is 21.2 Å². The lowest BCUT2D eigenvalue weighted by Gasteiger charge is -2.08. The van der Waals surface area contributed by atoms with Crippen LogP contribution in [0.5, 0.6) is 5.75 Å². The van der Waals surface area contributed by atoms with Gasteiger partial charge in [0.25, 0.3) is 0 Å². The minimum Gasteiger partial charge on any atom is -0.491 e. The van der Waals surface area contributed by atoms with E-state index in [1.807, 2.05) is 6.07 Å². The van der Waals surface area contributed by atoms with Crippen LogP contribution in [0.2, 0.25) is 0 Å². The van der Waals surface area contributed by atoms with E-state index >= 15 is 0 Å². The molecule has 16 heavy (non-hydrogen) atoms. The van der Waals surface area contributed by atoms with Crippen molar-refractivity contribution in [3.8, 4) is 5.75 Å². The molecule has 1 rings (SSSR count). The van der Waals surface area contributed by atoms with Crippen molar-refractivity contribution in [2.75, 3.05) is 19.4 Å². The van der Waals surface area contributed by atoms with Gasteiger partial charge in [-0.25, -0.2) is 0 Å². The van der Waals surface area contributed by atoms with Crippen LogP contribution < -0.4 is 15.8 Å². The molecule has 0 heterocycles. The fourth-order valence-electron chi connectivity index (χ4n) is 1.19. The van der Waals surface area contributed by atoms with Gasteiger partial charge in [0.05, 0.1) is 12.3 Å². The molecule has 1 amide bonds. The second kappa shape index (κ2) is 6.37. The number of carbonyl (C=O) groups excluding carboxylic acids is 1. The van der Waals surface area contributed by atoms with E-state index in [0.29, 0.717) is 30.9 Å². The van der Waals surface area contributed by atoms with Crippen LogP contribution in [-0.2, 0) is 4.79 Å². The van der Waals surface area contributed by atoms with Crippen molar-refractivity contribution in [3.63, 3.8) is 0 Å². The Morgan fingerprint density at radius 3 is 2.94 bits per heavy atom. The average Bonchev–Trinajstić information content (AvgIpc) is 2.26. The highest BCUT2D eigenvalue weighted by Gasteiger charge is 2.02. The summed E-state index contributed by atoms with van der Waals surface area (Å²) >= 11 is 3.32. The number of halogens is 1. The minimum absolute atomic E-state index is 0.0207. The molecule has 0 aromatic heterocycles. The summed E-state index contributed by atoms with van der Waals surface area (Å²) in [5.41, 5.74) is 6.35. The molecule has 0 radical (unpaired) electrons. The Kier molecular flexibility index (Phi) is 5.11. The standard InChI is InChI=1S/C11H15BrN2O2/c1-14-11(15)3-2-6-16-10-5-4-8(12)7-9(10)13/h4-5,7H,2-3,6,13H2,1H3,(H,14,15). The van der Waals surface area contributed by atoms with Crippen LogP contribution in [0.15, 0.2) is 22.7 Å². The lowest BCUT2D eigenvalue weighted by atomic mass is 10.3. The van der Waals surface area contributed by atoms with Crippen LogP contribution in [0.4, 0.5) is 5.69 Å². The molecule has 1 aromatic carbocycles. The van der Waals surface area contributed by atoms with E-state index in [9.17, 15) is 4.79 Å². The van der Waals surface area contributed by atoms with Crippen molar-refractivity contribution >= 4 is 27.5 Å². The molecular formula is C11H15BrN2O2. The van der Waals surface area contributed by atoms with E-state index < -0.39 is 0 Å². The second-order valence-electron chi connectivity index (χ2n) is 3.31. The third kappa shape index (κ3) is 4.10. The van der Waals surface area contributed by atoms with E-state index in [1.165, 1.54) is 0 Å². The van der Waals surface area contributed by atoms with Gasteiger partial charge in [0, 0.05) is 17.9 Å². The second-order valence-corrected chi connectivity index (χ2v) is 4.22. The zero-order chi connectivity index (χ0) is 12.0. The number of nitrogen functional groups attached to an aromatic ring is 1. The monoisotopic (exact) mass is 286 g/mol. The first-order valence-electron chi connectivity index (χ1n) is 5.02. The summed E-state index contributed by atoms with van der Waals surface area (Å²) in [5, 5.41) is 2.56. The Balaban J connectivity index is 2.35. The molecule has 0 aliphatic carbocycles. The number of anilines is 1. The number of amides is 1. The lowest BCUT2D eigenvalue weighted by molar-refractivity contribution is -0.120. The van der Waals surface area contributed by atoms with Gasteiger partial charge in [-0.05, 0) is 24.6 Å². The van der Waals surface area contributed by atoms with Crippen LogP contribution in [0.25, 0.3) is 0 Å². The Morgan fingerprint density at radius 1 is 1.56 bits per heavy atom. The zero-order valence-corrected chi connectivity index (χ0v) is 10.7. The Labute approximate surface area is 103 Å². The molecule has 0 atom stereocenters. The summed E-state index contributed by atoms with van der Waals surface area (Å²) < 4.78 is 6.38. The third-order valence-corrected chi connectivity index (χ3v) is 2.55. The van der Waals surface area contributed by atoms with Gasteiger partial charge in [-0.15, -0.1) is 0 Å². The van der Waals surface area contributed by atoms with Gasteiger partial charge < -0.3 is 15.8 Å². The van der Waals surface area contributed by atoms with Crippen molar-refractivity contribution in [1.29, 1.82) is 0 Å². The van der Waals surface area contributed by atoms with Crippen molar-refractivity contribution in [3.05, 3.63) is 22.7 Å². The molecule has 0 spiro atoms. The predicted molar refractivity (Wildman–Crippen MR) is 67.4 cm³/mol. The van der Waals surface area contributed by atoms with Crippen molar-refractivity contribution in [2.24, 2.45) is 0 Å². The van der Waals surface area contributed by atoms with Crippen molar-refractivity contribution in [2.45, 2.75) is 12.8 Å². The van der Waals surface area contributed by atoms with Crippen molar-refractivity contribution in [1.82, 2.24) is 5.32 Å². The molecule has 88 valence electrons. The Morgan fingerprint density at radius 2 is 2.31 bits per heavy atom. The van der Waals surface area contributed by atoms with Gasteiger partial charge in [0.2, 0.25) is 5.91 Å². The zero-order valence-electron chi connectivity index (χ0n) is 9.13. The summed E-state index contributed by atoms with van der Waals surface area (Å²) in [6.07, 6.45) is 1.14. The molecule has 0 bridgehead atoms. The molecular weight excluding hydrogens is 272 g/mol. The number of nitrogens with one attached hydrogen (secondary N) is 1. The van der Waals surface area contributed by atoms with Gasteiger partial charge >= 0.3 is 0 Å². The largest absolute Gasteiger partial charge is 0.491 e. The van der Waals surface area contributed by atoms with Crippen LogP contribution in [0.3, 0.4) is 0 Å². The first kappa shape index (κ1) is 12.8. The van der Waals surface area contributed by atoms with Crippen LogP contribution in [0, 0.1) is 0 Å². The predicted octanol–water partition coefficient (Wildman–Crippen LogP) is 1.94. The molecule has 0 saturated carbocycles. The van der Waals surface area contributed by atoms with Crippen molar-refractivity contribution < 1.29 is 9.53 Å². The molecule has 0 aliphatic rings. The van der Waals surface area contributed by atoms with E-state index in [0.717, 1.165) is 4.47 Å². The first-order valence-corrected chi connectivity index (χ1v) is 5.81. The van der Waals surface area contributed by atoms with Crippen LogP contribution >= 0.6 is 15.9 Å². The number of hydrogen-bond acceptors (Lipinski definition) is 3. The summed E-state index contributed by atoms with van der Waals surface area (Å²) in [6.45, 7) is 0.485. The maximum atomic E-state index is 10.9. The van der Waals surface area contributed by atoms with Gasteiger partial charge in [0.1, 0.15) is 5.75 Å². The number of nitrogens with two attached hydrogens (primary N) is 1. The lowest BCUT2D eigenvalue weighted by Crippen LogP contribution is -2.18. The van der Waals surface area contributed by atoms with E-state index in [-0.39, 0.29) is 5.91 Å². The third-order valence-electron chi connectivity index (χ3n) is 2.06.